The molecule has 0 radical (unpaired) electrons. The first kappa shape index (κ1) is 19.0. The molecule has 152 valence electrons. The van der Waals surface area contributed by atoms with Gasteiger partial charge < -0.3 is 21.7 Å². The maximum Gasteiger partial charge on any atom is 0.234 e. The van der Waals surface area contributed by atoms with E-state index in [1.165, 1.54) is 0 Å². The molecule has 0 saturated carbocycles. The van der Waals surface area contributed by atoms with E-state index in [9.17, 15) is 9.18 Å². The number of carbonyl (C=O) groups is 1. The van der Waals surface area contributed by atoms with E-state index in [2.05, 4.69) is 38.2 Å². The van der Waals surface area contributed by atoms with Crippen molar-refractivity contribution in [2.75, 3.05) is 45.9 Å². The van der Waals surface area contributed by atoms with Crippen molar-refractivity contribution >= 4 is 11.7 Å². The summed E-state index contributed by atoms with van der Waals surface area (Å²) in [5.74, 6) is 0.243. The molecule has 0 aromatic carbocycles. The van der Waals surface area contributed by atoms with Gasteiger partial charge in [-0.2, -0.15) is 0 Å². The molecule has 0 aliphatic carbocycles. The molecule has 1 amide bonds. The van der Waals surface area contributed by atoms with Gasteiger partial charge in [-0.25, -0.2) is 9.82 Å². The van der Waals surface area contributed by atoms with Gasteiger partial charge in [0.15, 0.2) is 0 Å². The number of nitrogens with zero attached hydrogens (tertiary/aromatic N) is 3. The van der Waals surface area contributed by atoms with Crippen LogP contribution in [-0.2, 0) is 4.79 Å². The van der Waals surface area contributed by atoms with E-state index in [0.29, 0.717) is 17.8 Å². The van der Waals surface area contributed by atoms with Crippen LogP contribution in [0.3, 0.4) is 0 Å². The number of rotatable bonds is 4. The van der Waals surface area contributed by atoms with Crippen LogP contribution in [0, 0.1) is 11.8 Å². The van der Waals surface area contributed by atoms with Crippen LogP contribution in [0.1, 0.15) is 13.3 Å². The monoisotopic (exact) mass is 382 g/mol. The Morgan fingerprint density at radius 3 is 3.07 bits per heavy atom. The number of nitrogens with two attached hydrogens (primary N) is 1. The Kier molecular flexibility index (Phi) is 5.60. The summed E-state index contributed by atoms with van der Waals surface area (Å²) in [6.07, 6.45) is -0.583. The molecule has 6 unspecified atom stereocenters. The molecule has 0 aromatic heterocycles. The van der Waals surface area contributed by atoms with E-state index in [4.69, 9.17) is 5.73 Å². The number of hydrazine groups is 1. The Hall–Kier alpha value is -1.33. The maximum absolute atomic E-state index is 13.6. The minimum absolute atomic E-state index is 0.0459. The van der Waals surface area contributed by atoms with Crippen molar-refractivity contribution in [3.63, 3.8) is 0 Å². The lowest BCUT2D eigenvalue weighted by molar-refractivity contribution is -0.124. The van der Waals surface area contributed by atoms with Crippen LogP contribution in [0.15, 0.2) is 4.99 Å². The standard InChI is InChI=1S/C17H31FN8O/c1-2-25-9-21-7-13(25)11-3-4-20-6-12(11)23-17(27)14-15(19)24-26-8-10(18)5-22-16(14)26/h10-15,20-21,24H,2-9,19H2,1H3,(H,23,27). The number of amidine groups is 1. The van der Waals surface area contributed by atoms with Crippen LogP contribution in [0.2, 0.25) is 0 Å². The Bertz CT molecular complexity index is 589. The van der Waals surface area contributed by atoms with Gasteiger partial charge >= 0.3 is 0 Å². The van der Waals surface area contributed by atoms with Crippen LogP contribution >= 0.6 is 0 Å². The highest BCUT2D eigenvalue weighted by Crippen LogP contribution is 2.25. The van der Waals surface area contributed by atoms with E-state index in [1.807, 2.05) is 0 Å². The predicted octanol–water partition coefficient (Wildman–Crippen LogP) is -2.20. The zero-order valence-electron chi connectivity index (χ0n) is 15.8. The van der Waals surface area contributed by atoms with E-state index < -0.39 is 18.3 Å². The summed E-state index contributed by atoms with van der Waals surface area (Å²) in [6, 6.07) is 0.471. The third-order valence-corrected chi connectivity index (χ3v) is 6.23. The van der Waals surface area contributed by atoms with Crippen molar-refractivity contribution in [1.29, 1.82) is 0 Å². The van der Waals surface area contributed by atoms with Gasteiger partial charge in [-0.05, 0) is 25.4 Å². The van der Waals surface area contributed by atoms with Crippen LogP contribution in [0.25, 0.3) is 0 Å². The summed E-state index contributed by atoms with van der Waals surface area (Å²) < 4.78 is 13.6. The van der Waals surface area contributed by atoms with Gasteiger partial charge in [-0.3, -0.25) is 19.7 Å². The van der Waals surface area contributed by atoms with Crippen molar-refractivity contribution in [2.24, 2.45) is 22.6 Å². The first-order valence-corrected chi connectivity index (χ1v) is 10.0. The normalized spacial score (nSPS) is 40.0. The highest BCUT2D eigenvalue weighted by Gasteiger charge is 2.45. The molecule has 9 nitrogen and oxygen atoms in total. The number of hydrogen-bond donors (Lipinski definition) is 5. The van der Waals surface area contributed by atoms with Crippen molar-refractivity contribution in [3.8, 4) is 0 Å². The Balaban J connectivity index is 1.46. The lowest BCUT2D eigenvalue weighted by Gasteiger charge is -2.39. The molecule has 4 rings (SSSR count). The summed E-state index contributed by atoms with van der Waals surface area (Å²) in [5.41, 5.74) is 9.12. The Labute approximate surface area is 159 Å². The van der Waals surface area contributed by atoms with E-state index >= 15 is 0 Å². The van der Waals surface area contributed by atoms with Gasteiger partial charge in [0.05, 0.1) is 19.3 Å². The Morgan fingerprint density at radius 2 is 2.26 bits per heavy atom. The van der Waals surface area contributed by atoms with Gasteiger partial charge in [0.1, 0.15) is 17.9 Å². The zero-order valence-corrected chi connectivity index (χ0v) is 15.8. The summed E-state index contributed by atoms with van der Waals surface area (Å²) in [5, 5.41) is 11.7. The number of carbonyl (C=O) groups excluding carboxylic acids is 1. The summed E-state index contributed by atoms with van der Waals surface area (Å²) >= 11 is 0. The highest BCUT2D eigenvalue weighted by molar-refractivity contribution is 6.05. The molecule has 6 atom stereocenters. The van der Waals surface area contributed by atoms with E-state index in [-0.39, 0.29) is 25.0 Å². The number of halogens is 1. The first-order valence-electron chi connectivity index (χ1n) is 10.0. The number of alkyl halides is 1. The minimum Gasteiger partial charge on any atom is -0.351 e. The topological polar surface area (TPSA) is 110 Å². The maximum atomic E-state index is 13.6. The lowest BCUT2D eigenvalue weighted by atomic mass is 9.85. The van der Waals surface area contributed by atoms with Crippen LogP contribution in [-0.4, -0.2) is 92.0 Å². The fraction of sp³-hybridized carbons (Fsp3) is 0.882. The lowest BCUT2D eigenvalue weighted by Crippen LogP contribution is -2.59. The number of nitrogens with one attached hydrogen (secondary N) is 4. The SMILES string of the molecule is CCN1CNCC1C1CCNCC1NC(=O)C1C2=NCC(F)CN2NC1N. The number of hydrogen-bond acceptors (Lipinski definition) is 8. The van der Waals surface area contributed by atoms with Gasteiger partial charge in [-0.1, -0.05) is 6.92 Å². The van der Waals surface area contributed by atoms with Crippen LogP contribution in [0.4, 0.5) is 4.39 Å². The molecule has 10 heteroatoms. The van der Waals surface area contributed by atoms with Crippen LogP contribution in [0.5, 0.6) is 0 Å². The second-order valence-electron chi connectivity index (χ2n) is 7.90. The fourth-order valence-corrected chi connectivity index (χ4v) is 4.85. The van der Waals surface area contributed by atoms with Gasteiger partial charge in [0.2, 0.25) is 5.91 Å². The van der Waals surface area contributed by atoms with E-state index in [0.717, 1.165) is 39.3 Å². The number of amides is 1. The smallest absolute Gasteiger partial charge is 0.234 e. The molecular weight excluding hydrogens is 351 g/mol. The van der Waals surface area contributed by atoms with Crippen molar-refractivity contribution in [1.82, 2.24) is 31.3 Å². The first-order chi connectivity index (χ1) is 13.1. The van der Waals surface area contributed by atoms with Crippen LogP contribution < -0.4 is 27.1 Å². The average Bonchev–Trinajstić information content (AvgIpc) is 3.24. The average molecular weight is 382 g/mol. The molecule has 6 N–H and O–H groups in total. The van der Waals surface area contributed by atoms with Gasteiger partial charge in [-0.15, -0.1) is 0 Å². The second kappa shape index (κ2) is 7.96. The van der Waals surface area contributed by atoms with Crippen molar-refractivity contribution in [2.45, 2.75) is 37.8 Å². The summed E-state index contributed by atoms with van der Waals surface area (Å²) in [7, 11) is 0. The predicted molar refractivity (Wildman–Crippen MR) is 100 cm³/mol. The zero-order chi connectivity index (χ0) is 19.0. The third kappa shape index (κ3) is 3.68. The number of aliphatic imine (C=N–C) groups is 1. The van der Waals surface area contributed by atoms with Crippen molar-refractivity contribution < 1.29 is 9.18 Å². The highest BCUT2D eigenvalue weighted by atomic mass is 19.1. The van der Waals surface area contributed by atoms with Gasteiger partial charge in [0.25, 0.3) is 0 Å². The molecular formula is C17H31FN8O. The molecule has 4 aliphatic rings. The number of likely N-dealkylation sites (N-methyl/N-ethyl adjacent to an activating group) is 1. The summed E-state index contributed by atoms with van der Waals surface area (Å²) in [4.78, 5) is 19.8. The quantitative estimate of drug-likeness (QED) is 0.375. The molecule has 0 spiro atoms. The third-order valence-electron chi connectivity index (χ3n) is 6.23. The molecule has 4 heterocycles. The molecule has 3 saturated heterocycles. The Morgan fingerprint density at radius 1 is 1.41 bits per heavy atom. The molecule has 0 aromatic rings. The molecule has 0 bridgehead atoms. The largest absolute Gasteiger partial charge is 0.351 e. The van der Waals surface area contributed by atoms with Gasteiger partial charge in [0, 0.05) is 31.8 Å². The minimum atomic E-state index is -1.03. The van der Waals surface area contributed by atoms with E-state index in [1.54, 1.807) is 5.01 Å². The molecule has 4 aliphatic heterocycles. The van der Waals surface area contributed by atoms with Crippen molar-refractivity contribution in [3.05, 3.63) is 0 Å². The molecule has 27 heavy (non-hydrogen) atoms. The molecule has 3 fully saturated rings. The second-order valence-corrected chi connectivity index (χ2v) is 7.90. The summed E-state index contributed by atoms with van der Waals surface area (Å²) in [6.45, 7) is 7.02. The fourth-order valence-electron chi connectivity index (χ4n) is 4.85. The number of fused-ring (bicyclic) bond motifs is 1. The number of piperidine rings is 1.